The molecule has 106 valence electrons. The molecule has 0 spiro atoms. The van der Waals surface area contributed by atoms with Gasteiger partial charge in [-0.05, 0) is 6.92 Å². The van der Waals surface area contributed by atoms with Crippen molar-refractivity contribution < 1.29 is 9.45 Å². The highest BCUT2D eigenvalue weighted by molar-refractivity contribution is 5.68. The summed E-state index contributed by atoms with van der Waals surface area (Å²) < 4.78 is 4.92. The number of aryl methyl sites for hydroxylation is 1. The van der Waals surface area contributed by atoms with Gasteiger partial charge in [-0.2, -0.15) is 4.98 Å². The Morgan fingerprint density at radius 2 is 2.20 bits per heavy atom. The van der Waals surface area contributed by atoms with E-state index in [9.17, 15) is 10.1 Å². The van der Waals surface area contributed by atoms with Crippen LogP contribution in [0, 0.1) is 17.0 Å². The van der Waals surface area contributed by atoms with Crippen LogP contribution in [0.15, 0.2) is 10.9 Å². The highest BCUT2D eigenvalue weighted by Gasteiger charge is 2.22. The molecule has 0 radical (unpaired) electrons. The lowest BCUT2D eigenvalue weighted by atomic mass is 10.4. The molecule has 20 heavy (non-hydrogen) atoms. The van der Waals surface area contributed by atoms with Crippen molar-refractivity contribution in [1.29, 1.82) is 0 Å². The van der Waals surface area contributed by atoms with Crippen LogP contribution in [0.5, 0.6) is 0 Å². The number of nitrogens with two attached hydrogens (primary N) is 1. The lowest BCUT2D eigenvalue weighted by Crippen LogP contribution is -2.14. The van der Waals surface area contributed by atoms with Gasteiger partial charge in [-0.15, -0.1) is 0 Å². The van der Waals surface area contributed by atoms with Gasteiger partial charge < -0.3 is 15.3 Å². The van der Waals surface area contributed by atoms with Crippen LogP contribution in [-0.4, -0.2) is 31.6 Å². The number of hydrogen-bond donors (Lipinski definition) is 3. The van der Waals surface area contributed by atoms with Gasteiger partial charge in [0.25, 0.3) is 0 Å². The third-order valence-electron chi connectivity index (χ3n) is 2.34. The molecule has 0 amide bonds. The summed E-state index contributed by atoms with van der Waals surface area (Å²) in [6.45, 7) is 2.04. The van der Waals surface area contributed by atoms with Gasteiger partial charge >= 0.3 is 5.69 Å². The molecular weight excluding hydrogens is 268 g/mol. The molecule has 2 aromatic rings. The maximum Gasteiger partial charge on any atom is 0.354 e. The largest absolute Gasteiger partial charge is 0.364 e. The Balaban J connectivity index is 2.07. The molecule has 0 aliphatic rings. The van der Waals surface area contributed by atoms with E-state index >= 15 is 0 Å². The Morgan fingerprint density at radius 1 is 1.45 bits per heavy atom. The van der Waals surface area contributed by atoms with Gasteiger partial charge in [0.15, 0.2) is 5.82 Å². The Labute approximate surface area is 112 Å². The number of aromatic nitrogens is 4. The van der Waals surface area contributed by atoms with Gasteiger partial charge in [0.2, 0.25) is 17.5 Å². The van der Waals surface area contributed by atoms with Crippen molar-refractivity contribution >= 4 is 17.3 Å². The first-order valence-corrected chi connectivity index (χ1v) is 5.61. The van der Waals surface area contributed by atoms with Crippen LogP contribution in [0.25, 0.3) is 0 Å². The quantitative estimate of drug-likeness (QED) is 0.374. The van der Waals surface area contributed by atoms with Crippen molar-refractivity contribution in [3.05, 3.63) is 28.2 Å². The summed E-state index contributed by atoms with van der Waals surface area (Å²) >= 11 is 0. The average molecular weight is 280 g/mol. The second-order valence-electron chi connectivity index (χ2n) is 3.73. The number of anilines is 2. The Bertz CT molecular complexity index is 613. The fraction of sp³-hybridized carbons (Fsp3) is 0.333. The summed E-state index contributed by atoms with van der Waals surface area (Å²) in [7, 11) is 0. The molecule has 0 saturated carbocycles. The number of rotatable bonds is 6. The first kappa shape index (κ1) is 13.6. The zero-order chi connectivity index (χ0) is 14.5. The summed E-state index contributed by atoms with van der Waals surface area (Å²) in [4.78, 5) is 21.9. The van der Waals surface area contributed by atoms with Crippen molar-refractivity contribution in [2.24, 2.45) is 5.84 Å². The fourth-order valence-electron chi connectivity index (χ4n) is 1.52. The monoisotopic (exact) mass is 280 g/mol. The van der Waals surface area contributed by atoms with Gasteiger partial charge in [0, 0.05) is 13.0 Å². The summed E-state index contributed by atoms with van der Waals surface area (Å²) in [6, 6.07) is 0. The maximum absolute atomic E-state index is 11.0. The van der Waals surface area contributed by atoms with E-state index in [2.05, 4.69) is 30.9 Å². The number of nitrogens with zero attached hydrogens (tertiary/aromatic N) is 5. The molecule has 11 nitrogen and oxygen atoms in total. The molecule has 0 atom stereocenters. The molecule has 4 N–H and O–H groups in total. The molecule has 0 aliphatic carbocycles. The summed E-state index contributed by atoms with van der Waals surface area (Å²) in [5, 5.41) is 17.4. The topological polar surface area (TPSA) is 158 Å². The van der Waals surface area contributed by atoms with Gasteiger partial charge in [-0.25, -0.2) is 15.8 Å². The van der Waals surface area contributed by atoms with Crippen molar-refractivity contribution in [2.45, 2.75) is 13.3 Å². The van der Waals surface area contributed by atoms with Crippen molar-refractivity contribution in [1.82, 2.24) is 20.1 Å². The van der Waals surface area contributed by atoms with Gasteiger partial charge in [0.1, 0.15) is 6.33 Å². The molecule has 0 unspecified atom stereocenters. The Morgan fingerprint density at radius 3 is 2.80 bits per heavy atom. The lowest BCUT2D eigenvalue weighted by Gasteiger charge is -2.06. The highest BCUT2D eigenvalue weighted by atomic mass is 16.6. The van der Waals surface area contributed by atoms with E-state index in [1.54, 1.807) is 6.92 Å². The lowest BCUT2D eigenvalue weighted by molar-refractivity contribution is -0.383. The third-order valence-corrected chi connectivity index (χ3v) is 2.34. The summed E-state index contributed by atoms with van der Waals surface area (Å²) in [6.07, 6.45) is 1.58. The fourth-order valence-corrected chi connectivity index (χ4v) is 1.52. The van der Waals surface area contributed by atoms with Crippen LogP contribution >= 0.6 is 0 Å². The van der Waals surface area contributed by atoms with Crippen LogP contribution in [0.2, 0.25) is 0 Å². The van der Waals surface area contributed by atoms with Crippen LogP contribution in [0.4, 0.5) is 17.3 Å². The van der Waals surface area contributed by atoms with Gasteiger partial charge in [-0.1, -0.05) is 5.16 Å². The number of hydrogen-bond acceptors (Lipinski definition) is 10. The van der Waals surface area contributed by atoms with E-state index in [4.69, 9.17) is 10.4 Å². The number of nitrogens with one attached hydrogen (secondary N) is 2. The third kappa shape index (κ3) is 2.95. The molecule has 2 rings (SSSR count). The first-order valence-electron chi connectivity index (χ1n) is 5.61. The second kappa shape index (κ2) is 5.88. The Kier molecular flexibility index (Phi) is 4.00. The van der Waals surface area contributed by atoms with Gasteiger partial charge in [0.05, 0.1) is 4.92 Å². The van der Waals surface area contributed by atoms with Gasteiger partial charge in [-0.3, -0.25) is 10.1 Å². The predicted octanol–water partition coefficient (Wildman–Crippen LogP) is 0.0164. The van der Waals surface area contributed by atoms with E-state index in [0.717, 1.165) is 0 Å². The highest BCUT2D eigenvalue weighted by Crippen LogP contribution is 2.27. The number of hydrazine groups is 1. The molecule has 0 fully saturated rings. The SMILES string of the molecule is Cc1noc(CCNc2ncnc(NN)c2[N+](=O)[O-])n1. The molecular formula is C9H12N8O3. The van der Waals surface area contributed by atoms with Crippen molar-refractivity contribution in [2.75, 3.05) is 17.3 Å². The van der Waals surface area contributed by atoms with E-state index in [1.807, 2.05) is 0 Å². The first-order chi connectivity index (χ1) is 9.61. The molecule has 2 aromatic heterocycles. The standard InChI is InChI=1S/C9H12N8O3/c1-5-14-6(20-16-5)2-3-11-8-7(17(18)19)9(15-10)13-4-12-8/h4H,2-3,10H2,1H3,(H2,11,12,13,15). The van der Waals surface area contributed by atoms with Crippen LogP contribution < -0.4 is 16.6 Å². The normalized spacial score (nSPS) is 10.3. The minimum absolute atomic E-state index is 0.0641. The maximum atomic E-state index is 11.0. The predicted molar refractivity (Wildman–Crippen MR) is 67.7 cm³/mol. The summed E-state index contributed by atoms with van der Waals surface area (Å²) in [5.74, 6) is 6.13. The molecule has 0 bridgehead atoms. The zero-order valence-electron chi connectivity index (χ0n) is 10.5. The second-order valence-corrected chi connectivity index (χ2v) is 3.73. The van der Waals surface area contributed by atoms with E-state index < -0.39 is 4.92 Å². The number of nitro groups is 1. The number of nitrogen functional groups attached to an aromatic ring is 1. The molecule has 2 heterocycles. The molecule has 0 saturated heterocycles. The van der Waals surface area contributed by atoms with Crippen LogP contribution in [0.3, 0.4) is 0 Å². The Hall–Kier alpha value is -2.82. The van der Waals surface area contributed by atoms with Crippen LogP contribution in [-0.2, 0) is 6.42 Å². The van der Waals surface area contributed by atoms with Crippen molar-refractivity contribution in [3.8, 4) is 0 Å². The zero-order valence-corrected chi connectivity index (χ0v) is 10.5. The molecule has 11 heteroatoms. The average Bonchev–Trinajstić information content (AvgIpc) is 2.83. The molecule has 0 aromatic carbocycles. The minimum Gasteiger partial charge on any atom is -0.364 e. The van der Waals surface area contributed by atoms with Crippen LogP contribution in [0.1, 0.15) is 11.7 Å². The summed E-state index contributed by atoms with van der Waals surface area (Å²) in [5.41, 5.74) is 1.83. The molecule has 0 aliphatic heterocycles. The van der Waals surface area contributed by atoms with Crippen molar-refractivity contribution in [3.63, 3.8) is 0 Å². The minimum atomic E-state index is -0.617. The van der Waals surface area contributed by atoms with E-state index in [0.29, 0.717) is 24.7 Å². The van der Waals surface area contributed by atoms with E-state index in [-0.39, 0.29) is 17.3 Å². The van der Waals surface area contributed by atoms with E-state index in [1.165, 1.54) is 6.33 Å². The smallest absolute Gasteiger partial charge is 0.354 e.